The van der Waals surface area contributed by atoms with Crippen molar-refractivity contribution in [1.29, 1.82) is 0 Å². The second-order valence-corrected chi connectivity index (χ2v) is 24.9. The van der Waals surface area contributed by atoms with E-state index >= 15 is 0 Å². The van der Waals surface area contributed by atoms with Gasteiger partial charge in [0.1, 0.15) is 0 Å². The van der Waals surface area contributed by atoms with Crippen LogP contribution in [0.1, 0.15) is 412 Å². The van der Waals surface area contributed by atoms with E-state index in [4.69, 9.17) is 4.74 Å². The molecule has 0 aromatic carbocycles. The number of nitrogens with one attached hydrogen (secondary N) is 1. The summed E-state index contributed by atoms with van der Waals surface area (Å²) in [5.74, 6) is -0.0373. The molecular weight excluding hydrogens is 959 g/mol. The molecule has 0 aromatic heterocycles. The molecule has 0 aromatic rings. The zero-order valence-electron chi connectivity index (χ0n) is 53.2. The van der Waals surface area contributed by atoms with Gasteiger partial charge in [0.05, 0.1) is 25.4 Å². The van der Waals surface area contributed by atoms with Crippen LogP contribution in [-0.4, -0.2) is 47.4 Å². The first-order valence-corrected chi connectivity index (χ1v) is 36.0. The quantitative estimate of drug-likeness (QED) is 0.0320. The minimum atomic E-state index is -0.841. The number of carbonyl (C=O) groups is 2. The molecule has 2 unspecified atom stereocenters. The normalized spacial score (nSPS) is 12.5. The third kappa shape index (κ3) is 63.8. The lowest BCUT2D eigenvalue weighted by atomic mass is 10.0. The molecule has 0 fully saturated rings. The Morgan fingerprint density at radius 1 is 0.346 bits per heavy atom. The van der Waals surface area contributed by atoms with Gasteiger partial charge in [0, 0.05) is 12.8 Å². The highest BCUT2D eigenvalue weighted by Crippen LogP contribution is 2.19. The van der Waals surface area contributed by atoms with Crippen LogP contribution in [-0.2, 0) is 14.3 Å². The van der Waals surface area contributed by atoms with Crippen molar-refractivity contribution in [3.05, 3.63) is 12.2 Å². The topological polar surface area (TPSA) is 95.9 Å². The number of ether oxygens (including phenoxy) is 1. The van der Waals surface area contributed by atoms with Crippen LogP contribution in [0.5, 0.6) is 0 Å². The lowest BCUT2D eigenvalue weighted by Crippen LogP contribution is -2.45. The summed E-state index contributed by atoms with van der Waals surface area (Å²) in [4.78, 5) is 24.6. The number of unbranched alkanes of at least 4 members (excludes halogenated alkanes) is 57. The van der Waals surface area contributed by atoms with Crippen LogP contribution >= 0.6 is 0 Å². The molecule has 0 spiro atoms. The standard InChI is InChI=1S/C72H141NO5/c1-3-5-7-9-11-13-15-17-19-33-38-42-46-50-54-58-62-66-72(77)78-67-63-59-55-51-47-43-39-35-32-30-28-26-24-22-20-21-23-25-27-29-31-34-37-41-45-49-53-57-61-65-71(76)73-69(68-74)70(75)64-60-56-52-48-44-40-36-18-16-14-12-10-8-6-4-2/h60,64,69-70,74-75H,3-59,61-63,65-68H2,1-2H3,(H,73,76)/b64-60+. The van der Waals surface area contributed by atoms with Gasteiger partial charge in [-0.25, -0.2) is 0 Å². The summed E-state index contributed by atoms with van der Waals surface area (Å²) in [7, 11) is 0. The fraction of sp³-hybridized carbons (Fsp3) is 0.944. The van der Waals surface area contributed by atoms with Gasteiger partial charge in [0.25, 0.3) is 0 Å². The molecule has 78 heavy (non-hydrogen) atoms. The predicted octanol–water partition coefficient (Wildman–Crippen LogP) is 23.1. The van der Waals surface area contributed by atoms with E-state index in [1.54, 1.807) is 6.08 Å². The van der Waals surface area contributed by atoms with Crippen molar-refractivity contribution in [1.82, 2.24) is 5.32 Å². The Bertz CT molecular complexity index is 1180. The van der Waals surface area contributed by atoms with Crippen molar-refractivity contribution >= 4 is 11.9 Å². The summed E-state index contributed by atoms with van der Waals surface area (Å²) in [6.45, 7) is 4.95. The molecule has 0 rings (SSSR count). The Morgan fingerprint density at radius 3 is 0.872 bits per heavy atom. The minimum absolute atomic E-state index is 0.0241. The molecule has 0 aliphatic rings. The first kappa shape index (κ1) is 76.6. The van der Waals surface area contributed by atoms with Gasteiger partial charge in [0.2, 0.25) is 5.91 Å². The highest BCUT2D eigenvalue weighted by Gasteiger charge is 2.18. The molecule has 0 aliphatic heterocycles. The van der Waals surface area contributed by atoms with Gasteiger partial charge >= 0.3 is 5.97 Å². The minimum Gasteiger partial charge on any atom is -0.466 e. The van der Waals surface area contributed by atoms with Gasteiger partial charge in [-0.3, -0.25) is 9.59 Å². The summed E-state index contributed by atoms with van der Waals surface area (Å²) < 4.78 is 5.51. The van der Waals surface area contributed by atoms with E-state index in [2.05, 4.69) is 19.2 Å². The molecule has 0 aliphatic carbocycles. The average Bonchev–Trinajstić information content (AvgIpc) is 3.44. The Labute approximate surface area is 489 Å². The largest absolute Gasteiger partial charge is 0.466 e. The fourth-order valence-electron chi connectivity index (χ4n) is 11.6. The number of carbonyl (C=O) groups excluding carboxylic acids is 2. The SMILES string of the molecule is CCCCCCCCCCCCCCC/C=C/C(O)C(CO)NC(=O)CCCCCCCCCCCCCCCCCCCCCCCCCCCCCCCOC(=O)CCCCCCCCCCCCCCCCCCC. The Morgan fingerprint density at radius 2 is 0.590 bits per heavy atom. The number of esters is 1. The van der Waals surface area contributed by atoms with Gasteiger partial charge in [-0.1, -0.05) is 379 Å². The molecule has 0 radical (unpaired) electrons. The Hall–Kier alpha value is -1.40. The van der Waals surface area contributed by atoms with E-state index in [1.165, 1.54) is 347 Å². The molecule has 0 bridgehead atoms. The van der Waals surface area contributed by atoms with Crippen molar-refractivity contribution in [2.45, 2.75) is 424 Å². The number of amides is 1. The van der Waals surface area contributed by atoms with E-state index in [0.29, 0.717) is 19.4 Å². The molecule has 2 atom stereocenters. The molecule has 6 nitrogen and oxygen atoms in total. The molecule has 0 saturated heterocycles. The monoisotopic (exact) mass is 1100 g/mol. The van der Waals surface area contributed by atoms with Crippen molar-refractivity contribution in [3.63, 3.8) is 0 Å². The summed E-state index contributed by atoms with van der Waals surface area (Å²) in [5.41, 5.74) is 0. The molecule has 6 heteroatoms. The van der Waals surface area contributed by atoms with Crippen LogP contribution in [0.4, 0.5) is 0 Å². The molecule has 0 heterocycles. The van der Waals surface area contributed by atoms with Crippen LogP contribution in [0.2, 0.25) is 0 Å². The highest BCUT2D eigenvalue weighted by molar-refractivity contribution is 5.76. The second-order valence-electron chi connectivity index (χ2n) is 24.9. The maximum absolute atomic E-state index is 12.5. The van der Waals surface area contributed by atoms with E-state index in [-0.39, 0.29) is 18.5 Å². The average molecular weight is 1100 g/mol. The van der Waals surface area contributed by atoms with Crippen molar-refractivity contribution < 1.29 is 24.5 Å². The zero-order valence-corrected chi connectivity index (χ0v) is 53.2. The Balaban J connectivity index is 3.33. The first-order valence-electron chi connectivity index (χ1n) is 36.0. The van der Waals surface area contributed by atoms with E-state index in [0.717, 1.165) is 38.5 Å². The predicted molar refractivity (Wildman–Crippen MR) is 343 cm³/mol. The first-order chi connectivity index (χ1) is 38.5. The number of allylic oxidation sites excluding steroid dienone is 1. The molecule has 0 saturated carbocycles. The molecule has 464 valence electrons. The number of aliphatic hydroxyl groups excluding tert-OH is 2. The van der Waals surface area contributed by atoms with E-state index in [9.17, 15) is 19.8 Å². The van der Waals surface area contributed by atoms with E-state index in [1.807, 2.05) is 6.08 Å². The van der Waals surface area contributed by atoms with Gasteiger partial charge in [-0.15, -0.1) is 0 Å². The van der Waals surface area contributed by atoms with Gasteiger partial charge in [0.15, 0.2) is 0 Å². The third-order valence-electron chi connectivity index (χ3n) is 17.1. The number of rotatable bonds is 68. The van der Waals surface area contributed by atoms with Gasteiger partial charge in [-0.2, -0.15) is 0 Å². The number of aliphatic hydroxyl groups is 2. The highest BCUT2D eigenvalue weighted by atomic mass is 16.5. The van der Waals surface area contributed by atoms with Crippen LogP contribution in [0.3, 0.4) is 0 Å². The van der Waals surface area contributed by atoms with E-state index < -0.39 is 12.1 Å². The van der Waals surface area contributed by atoms with Crippen LogP contribution in [0, 0.1) is 0 Å². The Kier molecular flexibility index (Phi) is 66.9. The van der Waals surface area contributed by atoms with Crippen molar-refractivity contribution in [2.24, 2.45) is 0 Å². The molecule has 3 N–H and O–H groups in total. The molecule has 1 amide bonds. The smallest absolute Gasteiger partial charge is 0.305 e. The van der Waals surface area contributed by atoms with Crippen LogP contribution < -0.4 is 5.32 Å². The summed E-state index contributed by atoms with van der Waals surface area (Å²) in [5, 5.41) is 23.2. The number of hydrogen-bond donors (Lipinski definition) is 3. The van der Waals surface area contributed by atoms with Gasteiger partial charge < -0.3 is 20.3 Å². The third-order valence-corrected chi connectivity index (χ3v) is 17.1. The lowest BCUT2D eigenvalue weighted by molar-refractivity contribution is -0.143. The number of hydrogen-bond acceptors (Lipinski definition) is 5. The van der Waals surface area contributed by atoms with Crippen molar-refractivity contribution in [3.8, 4) is 0 Å². The van der Waals surface area contributed by atoms with Gasteiger partial charge in [-0.05, 0) is 32.1 Å². The fourth-order valence-corrected chi connectivity index (χ4v) is 11.6. The maximum Gasteiger partial charge on any atom is 0.305 e. The maximum atomic E-state index is 12.5. The lowest BCUT2D eigenvalue weighted by Gasteiger charge is -2.20. The summed E-state index contributed by atoms with van der Waals surface area (Å²) >= 11 is 0. The summed E-state index contributed by atoms with van der Waals surface area (Å²) in [6, 6.07) is -0.624. The second kappa shape index (κ2) is 68.1. The van der Waals surface area contributed by atoms with Crippen LogP contribution in [0.15, 0.2) is 12.2 Å². The summed E-state index contributed by atoms with van der Waals surface area (Å²) in [6.07, 6.45) is 84.4. The van der Waals surface area contributed by atoms with Crippen molar-refractivity contribution in [2.75, 3.05) is 13.2 Å². The molecular formula is C72H141NO5. The zero-order chi connectivity index (χ0) is 56.4. The van der Waals surface area contributed by atoms with Crippen LogP contribution in [0.25, 0.3) is 0 Å².